The number of carboxylic acid groups (broad SMARTS) is 1. The van der Waals surface area contributed by atoms with Crippen molar-refractivity contribution in [2.75, 3.05) is 337 Å². The van der Waals surface area contributed by atoms with Crippen molar-refractivity contribution in [1.82, 2.24) is 0 Å². The summed E-state index contributed by atoms with van der Waals surface area (Å²) in [6.07, 6.45) is 4.52. The molecule has 2 aliphatic carbocycles. The van der Waals surface area contributed by atoms with Crippen molar-refractivity contribution in [1.29, 1.82) is 0 Å². The number of carboxylic acids is 1. The first-order chi connectivity index (χ1) is 44.1. The SMILES string of the molecule is COCCOCCOCCOCCOCCOCCOCCOCCOCCOCCOCCOCCOCCOCCOCCOCCOCCOCCOCCOCCOCCOCCOCCOCCOCCOC(=O)[C@@H]1[C@H](C(=O)O)[C@H]2C=C[C@@H]1C2. The minimum Gasteiger partial charge on any atom is -0.481 e. The van der Waals surface area contributed by atoms with Crippen LogP contribution in [-0.2, 0) is 133 Å². The average molecular weight is 1300 g/mol. The van der Waals surface area contributed by atoms with Gasteiger partial charge < -0.3 is 128 Å². The molecule has 2 aliphatic rings. The van der Waals surface area contributed by atoms with Crippen LogP contribution in [0.25, 0.3) is 0 Å². The van der Waals surface area contributed by atoms with E-state index in [0.29, 0.717) is 324 Å². The van der Waals surface area contributed by atoms with Crippen LogP contribution in [0.1, 0.15) is 6.42 Å². The molecule has 1 N–H and O–H groups in total. The minimum absolute atomic E-state index is 0.0549. The number of esters is 1. The summed E-state index contributed by atoms with van der Waals surface area (Å²) >= 11 is 0. The fraction of sp³-hybridized carbons (Fsp3) is 0.933. The Bertz CT molecular complexity index is 1500. The number of methoxy groups -OCH3 is 1. The van der Waals surface area contributed by atoms with E-state index in [1.807, 2.05) is 12.2 Å². The van der Waals surface area contributed by atoms with Gasteiger partial charge in [-0.3, -0.25) is 9.59 Å². The maximum Gasteiger partial charge on any atom is 0.310 e. The van der Waals surface area contributed by atoms with Gasteiger partial charge in [-0.2, -0.15) is 0 Å². The number of aliphatic carboxylic acids is 1. The zero-order chi connectivity index (χ0) is 63.3. The molecule has 2 bridgehead atoms. The van der Waals surface area contributed by atoms with E-state index < -0.39 is 23.8 Å². The van der Waals surface area contributed by atoms with Gasteiger partial charge in [0.2, 0.25) is 0 Å². The number of carbonyl (C=O) groups excluding carboxylic acids is 1. The van der Waals surface area contributed by atoms with Crippen LogP contribution < -0.4 is 0 Å². The van der Waals surface area contributed by atoms with Gasteiger partial charge in [0.25, 0.3) is 0 Å². The van der Waals surface area contributed by atoms with Crippen LogP contribution in [-0.4, -0.2) is 354 Å². The third-order valence-corrected chi connectivity index (χ3v) is 12.5. The van der Waals surface area contributed by atoms with Crippen molar-refractivity contribution in [3.05, 3.63) is 12.2 Å². The Labute approximate surface area is 528 Å². The number of allylic oxidation sites excluding steroid dienone is 2. The quantitative estimate of drug-likeness (QED) is 0.0507. The van der Waals surface area contributed by atoms with E-state index in [0.717, 1.165) is 0 Å². The largest absolute Gasteiger partial charge is 0.481 e. The van der Waals surface area contributed by atoms with Crippen molar-refractivity contribution in [2.24, 2.45) is 23.7 Å². The van der Waals surface area contributed by atoms with Gasteiger partial charge in [-0.15, -0.1) is 0 Å². The highest BCUT2D eigenvalue weighted by molar-refractivity contribution is 5.83. The molecule has 0 aromatic carbocycles. The highest BCUT2D eigenvalue weighted by atomic mass is 16.6. The lowest BCUT2D eigenvalue weighted by Crippen LogP contribution is -2.34. The molecule has 0 amide bonds. The minimum atomic E-state index is -0.947. The summed E-state index contributed by atoms with van der Waals surface area (Å²) in [5, 5.41) is 9.48. The van der Waals surface area contributed by atoms with Crippen LogP contribution in [0.2, 0.25) is 0 Å². The zero-order valence-electron chi connectivity index (χ0n) is 53.4. The van der Waals surface area contributed by atoms with Crippen LogP contribution in [0.3, 0.4) is 0 Å². The van der Waals surface area contributed by atoms with Crippen molar-refractivity contribution in [3.63, 3.8) is 0 Å². The molecule has 526 valence electrons. The van der Waals surface area contributed by atoms with Gasteiger partial charge in [0, 0.05) is 7.11 Å². The van der Waals surface area contributed by atoms with Gasteiger partial charge in [-0.05, 0) is 18.3 Å². The van der Waals surface area contributed by atoms with Gasteiger partial charge in [0.1, 0.15) is 6.61 Å². The standard InChI is InChI=1S/C60H112O29/c1-64-4-5-65-6-7-66-8-9-67-10-11-68-12-13-69-14-15-70-16-17-71-18-19-72-20-21-73-22-23-74-24-25-75-26-27-76-28-29-77-30-31-78-32-33-79-34-35-80-36-37-81-38-39-82-40-41-83-42-43-84-44-45-85-46-47-86-48-49-87-50-51-88-52-53-89-60(63)58-56-3-2-55(54-56)57(58)59(61)62/h2-3,55-58H,4-54H2,1H3,(H,61,62)/t55-,56+,57+,58-/m0/s1. The highest BCUT2D eigenvalue weighted by Crippen LogP contribution is 2.48. The van der Waals surface area contributed by atoms with Gasteiger partial charge in [0.05, 0.1) is 336 Å². The monoisotopic (exact) mass is 1300 g/mol. The smallest absolute Gasteiger partial charge is 0.310 e. The second-order valence-corrected chi connectivity index (χ2v) is 19.2. The number of hydrogen-bond donors (Lipinski definition) is 1. The van der Waals surface area contributed by atoms with Crippen molar-refractivity contribution < 1.29 is 138 Å². The lowest BCUT2D eigenvalue weighted by Gasteiger charge is -2.23. The van der Waals surface area contributed by atoms with E-state index >= 15 is 0 Å². The van der Waals surface area contributed by atoms with Crippen LogP contribution >= 0.6 is 0 Å². The van der Waals surface area contributed by atoms with Crippen molar-refractivity contribution in [3.8, 4) is 0 Å². The first kappa shape index (κ1) is 82.8. The predicted molar refractivity (Wildman–Crippen MR) is 318 cm³/mol. The summed E-state index contributed by atoms with van der Waals surface area (Å²) in [6, 6.07) is 0. The Balaban J connectivity index is 1.09. The normalized spacial score (nSPS) is 16.2. The van der Waals surface area contributed by atoms with Crippen molar-refractivity contribution >= 4 is 11.9 Å². The molecule has 0 heterocycles. The Morgan fingerprint density at radius 1 is 0.247 bits per heavy atom. The number of ether oxygens (including phenoxy) is 26. The highest BCUT2D eigenvalue weighted by Gasteiger charge is 2.52. The molecule has 0 unspecified atom stereocenters. The molecule has 1 fully saturated rings. The number of fused-ring (bicyclic) bond motifs is 2. The molecule has 4 atom stereocenters. The van der Waals surface area contributed by atoms with E-state index in [1.165, 1.54) is 0 Å². The van der Waals surface area contributed by atoms with Crippen LogP contribution in [0.5, 0.6) is 0 Å². The molecule has 0 aromatic rings. The Kier molecular flexibility index (Phi) is 63.7. The third kappa shape index (κ3) is 55.8. The first-order valence-electron chi connectivity index (χ1n) is 31.6. The molecular formula is C60H112O29. The fourth-order valence-electron chi connectivity index (χ4n) is 8.08. The van der Waals surface area contributed by atoms with Crippen LogP contribution in [0, 0.1) is 23.7 Å². The van der Waals surface area contributed by atoms with Gasteiger partial charge in [-0.25, -0.2) is 0 Å². The topological polar surface area (TPSA) is 294 Å². The summed E-state index contributed by atoms with van der Waals surface area (Å²) in [6.45, 7) is 23.3. The lowest BCUT2D eigenvalue weighted by atomic mass is 9.83. The van der Waals surface area contributed by atoms with Gasteiger partial charge in [-0.1, -0.05) is 12.2 Å². The number of hydrogen-bond acceptors (Lipinski definition) is 28. The van der Waals surface area contributed by atoms with E-state index in [9.17, 15) is 14.7 Å². The molecule has 0 radical (unpaired) electrons. The molecule has 0 aromatic heterocycles. The van der Waals surface area contributed by atoms with Crippen molar-refractivity contribution in [2.45, 2.75) is 6.42 Å². The third-order valence-electron chi connectivity index (χ3n) is 12.5. The maximum absolute atomic E-state index is 12.4. The summed E-state index contributed by atoms with van der Waals surface area (Å²) in [7, 11) is 1.64. The molecule has 29 nitrogen and oxygen atoms in total. The maximum atomic E-state index is 12.4. The van der Waals surface area contributed by atoms with E-state index in [2.05, 4.69) is 0 Å². The van der Waals surface area contributed by atoms with Crippen LogP contribution in [0.4, 0.5) is 0 Å². The van der Waals surface area contributed by atoms with E-state index in [-0.39, 0.29) is 25.0 Å². The number of carbonyl (C=O) groups is 2. The Hall–Kier alpha value is -2.32. The summed E-state index contributed by atoms with van der Waals surface area (Å²) in [5.74, 6) is -2.88. The summed E-state index contributed by atoms with van der Waals surface area (Å²) in [4.78, 5) is 24.0. The summed E-state index contributed by atoms with van der Waals surface area (Å²) in [5.41, 5.74) is 0. The Morgan fingerprint density at radius 3 is 0.551 bits per heavy atom. The fourth-order valence-corrected chi connectivity index (χ4v) is 8.08. The molecule has 0 aliphatic heterocycles. The van der Waals surface area contributed by atoms with Gasteiger partial charge >= 0.3 is 11.9 Å². The second kappa shape index (κ2) is 68.5. The van der Waals surface area contributed by atoms with Gasteiger partial charge in [0.15, 0.2) is 0 Å². The molecule has 2 rings (SSSR count). The van der Waals surface area contributed by atoms with Crippen LogP contribution in [0.15, 0.2) is 12.2 Å². The summed E-state index contributed by atoms with van der Waals surface area (Å²) < 4.78 is 142. The molecule has 0 saturated heterocycles. The molecule has 1 saturated carbocycles. The first-order valence-corrected chi connectivity index (χ1v) is 31.6. The lowest BCUT2D eigenvalue weighted by molar-refractivity contribution is -0.159. The average Bonchev–Trinajstić information content (AvgIpc) is 2.01. The van der Waals surface area contributed by atoms with E-state index in [1.54, 1.807) is 7.11 Å². The molecular weight excluding hydrogens is 1180 g/mol. The number of rotatable bonds is 77. The zero-order valence-corrected chi connectivity index (χ0v) is 53.4. The van der Waals surface area contributed by atoms with E-state index in [4.69, 9.17) is 123 Å². The predicted octanol–water partition coefficient (Wildman–Crippen LogP) is 1.10. The second-order valence-electron chi connectivity index (χ2n) is 19.2. The Morgan fingerprint density at radius 2 is 0.393 bits per heavy atom. The molecule has 89 heavy (non-hydrogen) atoms. The molecule has 29 heteroatoms. The molecule has 0 spiro atoms.